The van der Waals surface area contributed by atoms with Crippen molar-refractivity contribution < 1.29 is 4.74 Å². The smallest absolute Gasteiger partial charge is 0.191 e. The van der Waals surface area contributed by atoms with Gasteiger partial charge in [0.25, 0.3) is 0 Å². The maximum Gasteiger partial charge on any atom is 0.191 e. The quantitative estimate of drug-likeness (QED) is 0.447. The van der Waals surface area contributed by atoms with E-state index >= 15 is 0 Å². The zero-order chi connectivity index (χ0) is 16.3. The van der Waals surface area contributed by atoms with Crippen molar-refractivity contribution in [2.24, 2.45) is 4.99 Å². The van der Waals surface area contributed by atoms with Gasteiger partial charge in [-0.25, -0.2) is 4.99 Å². The van der Waals surface area contributed by atoms with Crippen molar-refractivity contribution in [2.75, 3.05) is 26.3 Å². The van der Waals surface area contributed by atoms with Gasteiger partial charge in [-0.3, -0.25) is 4.98 Å². The first-order valence-electron chi connectivity index (χ1n) is 8.27. The Morgan fingerprint density at radius 2 is 2.04 bits per heavy atom. The average Bonchev–Trinajstić information content (AvgIpc) is 2.59. The molecule has 5 heteroatoms. The third-order valence-electron chi connectivity index (χ3n) is 3.43. The van der Waals surface area contributed by atoms with Gasteiger partial charge in [0.2, 0.25) is 0 Å². The van der Waals surface area contributed by atoms with Crippen LogP contribution in [-0.4, -0.2) is 37.2 Å². The van der Waals surface area contributed by atoms with Gasteiger partial charge in [-0.05, 0) is 31.9 Å². The lowest BCUT2D eigenvalue weighted by atomic mass is 10.1. The number of hydrogen-bond donors (Lipinski definition) is 2. The zero-order valence-corrected chi connectivity index (χ0v) is 14.0. The first kappa shape index (κ1) is 17.2. The van der Waals surface area contributed by atoms with Crippen LogP contribution in [0.5, 0.6) is 0 Å². The second kappa shape index (κ2) is 9.79. The molecule has 2 aromatic rings. The number of nitrogens with zero attached hydrogens (tertiary/aromatic N) is 2. The highest BCUT2D eigenvalue weighted by Crippen LogP contribution is 2.16. The molecule has 0 atom stereocenters. The molecule has 0 aliphatic heterocycles. The minimum atomic E-state index is 0.606. The lowest BCUT2D eigenvalue weighted by molar-refractivity contribution is 0.145. The summed E-state index contributed by atoms with van der Waals surface area (Å²) < 4.78 is 5.34. The van der Waals surface area contributed by atoms with Crippen LogP contribution in [-0.2, 0) is 11.3 Å². The minimum Gasteiger partial charge on any atom is -0.382 e. The molecule has 1 aromatic heterocycles. The van der Waals surface area contributed by atoms with E-state index < -0.39 is 0 Å². The van der Waals surface area contributed by atoms with Crippen molar-refractivity contribution in [1.82, 2.24) is 15.6 Å². The van der Waals surface area contributed by atoms with Crippen LogP contribution >= 0.6 is 0 Å². The number of aromatic nitrogens is 1. The summed E-state index contributed by atoms with van der Waals surface area (Å²) in [6.45, 7) is 7.91. The molecule has 2 rings (SSSR count). The number of hydrogen-bond acceptors (Lipinski definition) is 3. The van der Waals surface area contributed by atoms with Gasteiger partial charge in [-0.15, -0.1) is 0 Å². The first-order chi connectivity index (χ1) is 11.3. The summed E-state index contributed by atoms with van der Waals surface area (Å²) in [6, 6.07) is 10.2. The molecular formula is C18H26N4O. The second-order valence-corrected chi connectivity index (χ2v) is 5.16. The van der Waals surface area contributed by atoms with E-state index in [1.807, 2.05) is 19.2 Å². The highest BCUT2D eigenvalue weighted by atomic mass is 16.5. The van der Waals surface area contributed by atoms with Crippen LogP contribution in [0, 0.1) is 0 Å². The van der Waals surface area contributed by atoms with Crippen LogP contribution in [0.25, 0.3) is 10.9 Å². The lowest BCUT2D eigenvalue weighted by Gasteiger charge is -2.11. The molecule has 0 bridgehead atoms. The number of fused-ring (bicyclic) bond motifs is 1. The van der Waals surface area contributed by atoms with E-state index in [0.717, 1.165) is 55.2 Å². The summed E-state index contributed by atoms with van der Waals surface area (Å²) >= 11 is 0. The predicted molar refractivity (Wildman–Crippen MR) is 95.7 cm³/mol. The molecule has 1 heterocycles. The van der Waals surface area contributed by atoms with Crippen LogP contribution in [0.1, 0.15) is 25.8 Å². The number of para-hydroxylation sites is 1. The van der Waals surface area contributed by atoms with E-state index in [4.69, 9.17) is 4.74 Å². The number of nitrogens with one attached hydrogen (secondary N) is 2. The Bertz CT molecular complexity index is 622. The molecule has 2 N–H and O–H groups in total. The predicted octanol–water partition coefficient (Wildman–Crippen LogP) is 2.72. The van der Waals surface area contributed by atoms with Gasteiger partial charge in [0.05, 0.1) is 12.1 Å². The van der Waals surface area contributed by atoms with Gasteiger partial charge in [0.1, 0.15) is 0 Å². The zero-order valence-electron chi connectivity index (χ0n) is 14.0. The topological polar surface area (TPSA) is 58.5 Å². The second-order valence-electron chi connectivity index (χ2n) is 5.16. The lowest BCUT2D eigenvalue weighted by Crippen LogP contribution is -2.38. The highest BCUT2D eigenvalue weighted by Gasteiger charge is 2.02. The Labute approximate surface area is 138 Å². The van der Waals surface area contributed by atoms with Gasteiger partial charge in [0, 0.05) is 37.9 Å². The van der Waals surface area contributed by atoms with Crippen LogP contribution < -0.4 is 10.6 Å². The van der Waals surface area contributed by atoms with Crippen molar-refractivity contribution in [2.45, 2.75) is 26.8 Å². The van der Waals surface area contributed by atoms with Crippen LogP contribution in [0.3, 0.4) is 0 Å². The summed E-state index contributed by atoms with van der Waals surface area (Å²) in [4.78, 5) is 9.14. The molecule has 0 aliphatic rings. The number of aliphatic imine (C=N–C) groups is 1. The fraction of sp³-hybridized carbons (Fsp3) is 0.444. The van der Waals surface area contributed by atoms with Gasteiger partial charge >= 0.3 is 0 Å². The number of benzene rings is 1. The van der Waals surface area contributed by atoms with E-state index in [-0.39, 0.29) is 0 Å². The molecular weight excluding hydrogens is 288 g/mol. The monoisotopic (exact) mass is 314 g/mol. The number of pyridine rings is 1. The Morgan fingerprint density at radius 1 is 1.17 bits per heavy atom. The Morgan fingerprint density at radius 3 is 2.87 bits per heavy atom. The van der Waals surface area contributed by atoms with E-state index in [2.05, 4.69) is 51.8 Å². The Balaban J connectivity index is 1.98. The normalized spacial score (nSPS) is 11.7. The van der Waals surface area contributed by atoms with Gasteiger partial charge < -0.3 is 15.4 Å². The van der Waals surface area contributed by atoms with E-state index in [1.54, 1.807) is 0 Å². The summed E-state index contributed by atoms with van der Waals surface area (Å²) in [6.07, 6.45) is 2.79. The number of guanidine groups is 1. The van der Waals surface area contributed by atoms with Gasteiger partial charge in [-0.2, -0.15) is 0 Å². The molecule has 0 radical (unpaired) electrons. The molecule has 1 aromatic carbocycles. The molecule has 23 heavy (non-hydrogen) atoms. The third kappa shape index (κ3) is 5.53. The molecule has 0 aliphatic carbocycles. The molecule has 0 saturated carbocycles. The summed E-state index contributed by atoms with van der Waals surface area (Å²) in [5.74, 6) is 0.830. The maximum absolute atomic E-state index is 5.34. The summed E-state index contributed by atoms with van der Waals surface area (Å²) in [5, 5.41) is 7.75. The maximum atomic E-state index is 5.34. The highest BCUT2D eigenvalue weighted by molar-refractivity contribution is 5.83. The van der Waals surface area contributed by atoms with Crippen molar-refractivity contribution in [3.8, 4) is 0 Å². The average molecular weight is 314 g/mol. The first-order valence-corrected chi connectivity index (χ1v) is 8.27. The molecule has 0 amide bonds. The van der Waals surface area contributed by atoms with Gasteiger partial charge in [-0.1, -0.05) is 24.3 Å². The molecule has 0 unspecified atom stereocenters. The van der Waals surface area contributed by atoms with Gasteiger partial charge in [0.15, 0.2) is 5.96 Å². The van der Waals surface area contributed by atoms with Crippen molar-refractivity contribution in [3.05, 3.63) is 42.1 Å². The van der Waals surface area contributed by atoms with E-state index in [0.29, 0.717) is 6.54 Å². The number of rotatable bonds is 8. The molecule has 0 fully saturated rings. The van der Waals surface area contributed by atoms with E-state index in [9.17, 15) is 0 Å². The van der Waals surface area contributed by atoms with Crippen molar-refractivity contribution in [1.29, 1.82) is 0 Å². The molecule has 124 valence electrons. The van der Waals surface area contributed by atoms with E-state index in [1.165, 1.54) is 0 Å². The fourth-order valence-electron chi connectivity index (χ4n) is 2.33. The SMILES string of the molecule is CCNC(=NCc1cccc2cccnc12)NCCCOCC. The standard InChI is InChI=1S/C18H26N4O/c1-3-19-18(21-12-7-13-23-4-2)22-14-16-9-5-8-15-10-6-11-20-17(15)16/h5-6,8-11H,3-4,7,12-14H2,1-2H3,(H2,19,21,22). The van der Waals surface area contributed by atoms with Crippen LogP contribution in [0.2, 0.25) is 0 Å². The molecule has 0 saturated heterocycles. The largest absolute Gasteiger partial charge is 0.382 e. The van der Waals surface area contributed by atoms with Crippen LogP contribution in [0.4, 0.5) is 0 Å². The number of ether oxygens (including phenoxy) is 1. The Hall–Kier alpha value is -2.14. The Kier molecular flexibility index (Phi) is 7.33. The molecule has 0 spiro atoms. The fourth-order valence-corrected chi connectivity index (χ4v) is 2.33. The van der Waals surface area contributed by atoms with Crippen molar-refractivity contribution >= 4 is 16.9 Å². The molecule has 5 nitrogen and oxygen atoms in total. The third-order valence-corrected chi connectivity index (χ3v) is 3.43. The summed E-state index contributed by atoms with van der Waals surface area (Å²) in [7, 11) is 0. The minimum absolute atomic E-state index is 0.606. The van der Waals surface area contributed by atoms with Crippen molar-refractivity contribution in [3.63, 3.8) is 0 Å². The van der Waals surface area contributed by atoms with Crippen LogP contribution in [0.15, 0.2) is 41.5 Å². The summed E-state index contributed by atoms with van der Waals surface area (Å²) in [5.41, 5.74) is 2.15.